The molecule has 0 bridgehead atoms. The van der Waals surface area contributed by atoms with Crippen LogP contribution in [-0.4, -0.2) is 11.0 Å². The van der Waals surface area contributed by atoms with E-state index in [1.165, 1.54) is 17.4 Å². The Bertz CT molecular complexity index is 579. The third kappa shape index (κ3) is 3.36. The van der Waals surface area contributed by atoms with Crippen LogP contribution >= 0.6 is 11.3 Å². The molecule has 5 heteroatoms. The molecule has 0 spiro atoms. The van der Waals surface area contributed by atoms with Gasteiger partial charge in [-0.15, -0.1) is 11.3 Å². The molecule has 1 aromatic heterocycles. The summed E-state index contributed by atoms with van der Waals surface area (Å²) in [6, 6.07) is 4.27. The van der Waals surface area contributed by atoms with Crippen LogP contribution in [0.25, 0.3) is 10.6 Å². The summed E-state index contributed by atoms with van der Waals surface area (Å²) in [5.74, 6) is -1.68. The lowest BCUT2D eigenvalue weighted by Gasteiger charge is -2.05. The normalized spacial score (nSPS) is 11.3. The highest BCUT2D eigenvalue weighted by molar-refractivity contribution is 7.15. The van der Waals surface area contributed by atoms with Crippen LogP contribution in [0.4, 0.5) is 8.78 Å². The molecule has 1 heterocycles. The fraction of sp³-hybridized carbons (Fsp3) is 0.357. The second-order valence-corrected chi connectivity index (χ2v) is 5.78. The Morgan fingerprint density at radius 3 is 2.63 bits per heavy atom. The SMILES string of the molecule is Cc1nc(-c2ccc(F)c(F)c2)sc1CNC(C)C. The molecule has 1 N–H and O–H groups in total. The lowest BCUT2D eigenvalue weighted by Crippen LogP contribution is -2.21. The smallest absolute Gasteiger partial charge is 0.159 e. The van der Waals surface area contributed by atoms with Crippen molar-refractivity contribution in [1.29, 1.82) is 0 Å². The molecule has 0 fully saturated rings. The van der Waals surface area contributed by atoms with Crippen LogP contribution in [-0.2, 0) is 6.54 Å². The lowest BCUT2D eigenvalue weighted by molar-refractivity contribution is 0.509. The quantitative estimate of drug-likeness (QED) is 0.920. The van der Waals surface area contributed by atoms with E-state index in [1.807, 2.05) is 6.92 Å². The predicted molar refractivity (Wildman–Crippen MR) is 74.2 cm³/mol. The van der Waals surface area contributed by atoms with Gasteiger partial charge in [-0.25, -0.2) is 13.8 Å². The number of nitrogens with zero attached hydrogens (tertiary/aromatic N) is 1. The van der Waals surface area contributed by atoms with Crippen molar-refractivity contribution in [3.05, 3.63) is 40.4 Å². The molecule has 0 aliphatic carbocycles. The van der Waals surface area contributed by atoms with Gasteiger partial charge in [-0.05, 0) is 25.1 Å². The minimum atomic E-state index is -0.841. The van der Waals surface area contributed by atoms with E-state index in [4.69, 9.17) is 0 Å². The average Bonchev–Trinajstić information content (AvgIpc) is 2.71. The third-order valence-electron chi connectivity index (χ3n) is 2.73. The lowest BCUT2D eigenvalue weighted by atomic mass is 10.2. The van der Waals surface area contributed by atoms with Gasteiger partial charge in [0.05, 0.1) is 5.69 Å². The Kier molecular flexibility index (Phi) is 4.27. The van der Waals surface area contributed by atoms with Gasteiger partial charge in [0, 0.05) is 23.0 Å². The number of halogens is 2. The van der Waals surface area contributed by atoms with Crippen LogP contribution in [0.15, 0.2) is 18.2 Å². The van der Waals surface area contributed by atoms with Crippen molar-refractivity contribution in [1.82, 2.24) is 10.3 Å². The molecular formula is C14H16F2N2S. The molecule has 102 valence electrons. The molecule has 0 unspecified atom stereocenters. The van der Waals surface area contributed by atoms with Gasteiger partial charge in [0.1, 0.15) is 5.01 Å². The maximum Gasteiger partial charge on any atom is 0.159 e. The molecule has 0 aliphatic heterocycles. The topological polar surface area (TPSA) is 24.9 Å². The summed E-state index contributed by atoms with van der Waals surface area (Å²) in [7, 11) is 0. The van der Waals surface area contributed by atoms with Crippen LogP contribution in [0, 0.1) is 18.6 Å². The monoisotopic (exact) mass is 282 g/mol. The van der Waals surface area contributed by atoms with Gasteiger partial charge in [-0.3, -0.25) is 0 Å². The number of hydrogen-bond acceptors (Lipinski definition) is 3. The average molecular weight is 282 g/mol. The van der Waals surface area contributed by atoms with E-state index >= 15 is 0 Å². The summed E-state index contributed by atoms with van der Waals surface area (Å²) in [6.45, 7) is 6.82. The fourth-order valence-corrected chi connectivity index (χ4v) is 2.65. The maximum absolute atomic E-state index is 13.2. The number of hydrogen-bond donors (Lipinski definition) is 1. The number of aromatic nitrogens is 1. The van der Waals surface area contributed by atoms with Gasteiger partial charge in [-0.1, -0.05) is 13.8 Å². The van der Waals surface area contributed by atoms with E-state index in [0.717, 1.165) is 28.2 Å². The van der Waals surface area contributed by atoms with Crippen LogP contribution in [0.3, 0.4) is 0 Å². The number of rotatable bonds is 4. The zero-order chi connectivity index (χ0) is 14.0. The van der Waals surface area contributed by atoms with Crippen molar-refractivity contribution >= 4 is 11.3 Å². The predicted octanol–water partition coefficient (Wildman–Crippen LogP) is 3.89. The highest BCUT2D eigenvalue weighted by Crippen LogP contribution is 2.28. The summed E-state index contributed by atoms with van der Waals surface area (Å²) in [6.07, 6.45) is 0. The molecule has 19 heavy (non-hydrogen) atoms. The Morgan fingerprint density at radius 2 is 2.00 bits per heavy atom. The highest BCUT2D eigenvalue weighted by Gasteiger charge is 2.11. The Labute approximate surface area is 115 Å². The molecule has 2 nitrogen and oxygen atoms in total. The summed E-state index contributed by atoms with van der Waals surface area (Å²) >= 11 is 1.51. The molecule has 0 amide bonds. The Hall–Kier alpha value is -1.33. The van der Waals surface area contributed by atoms with Crippen LogP contribution in [0.1, 0.15) is 24.4 Å². The molecule has 0 saturated heterocycles. The summed E-state index contributed by atoms with van der Waals surface area (Å²) in [4.78, 5) is 5.54. The summed E-state index contributed by atoms with van der Waals surface area (Å²) < 4.78 is 26.1. The zero-order valence-corrected chi connectivity index (χ0v) is 11.9. The molecular weight excluding hydrogens is 266 g/mol. The second kappa shape index (κ2) is 5.75. The molecule has 0 aliphatic rings. The van der Waals surface area contributed by atoms with Gasteiger partial charge in [-0.2, -0.15) is 0 Å². The van der Waals surface area contributed by atoms with E-state index in [-0.39, 0.29) is 0 Å². The molecule has 1 aromatic carbocycles. The van der Waals surface area contributed by atoms with E-state index in [2.05, 4.69) is 24.1 Å². The Morgan fingerprint density at radius 1 is 1.26 bits per heavy atom. The van der Waals surface area contributed by atoms with Crippen molar-refractivity contribution in [2.24, 2.45) is 0 Å². The first kappa shape index (κ1) is 14.1. The number of aryl methyl sites for hydroxylation is 1. The zero-order valence-electron chi connectivity index (χ0n) is 11.1. The highest BCUT2D eigenvalue weighted by atomic mass is 32.1. The molecule has 2 aromatic rings. The molecule has 0 saturated carbocycles. The number of nitrogens with one attached hydrogen (secondary N) is 1. The minimum absolute atomic E-state index is 0.396. The largest absolute Gasteiger partial charge is 0.310 e. The van der Waals surface area contributed by atoms with Crippen molar-refractivity contribution in [2.75, 3.05) is 0 Å². The molecule has 2 rings (SSSR count). The second-order valence-electron chi connectivity index (χ2n) is 4.69. The minimum Gasteiger partial charge on any atom is -0.310 e. The Balaban J connectivity index is 2.25. The van der Waals surface area contributed by atoms with Crippen LogP contribution in [0.2, 0.25) is 0 Å². The first-order valence-corrected chi connectivity index (χ1v) is 6.94. The van der Waals surface area contributed by atoms with E-state index in [0.29, 0.717) is 11.6 Å². The van der Waals surface area contributed by atoms with Gasteiger partial charge in [0.15, 0.2) is 11.6 Å². The molecule has 0 radical (unpaired) electrons. The van der Waals surface area contributed by atoms with Crippen LogP contribution < -0.4 is 5.32 Å². The van der Waals surface area contributed by atoms with Gasteiger partial charge >= 0.3 is 0 Å². The van der Waals surface area contributed by atoms with E-state index < -0.39 is 11.6 Å². The number of benzene rings is 1. The van der Waals surface area contributed by atoms with Crippen molar-refractivity contribution in [2.45, 2.75) is 33.4 Å². The summed E-state index contributed by atoms with van der Waals surface area (Å²) in [5, 5.41) is 4.04. The first-order valence-electron chi connectivity index (χ1n) is 6.12. The van der Waals surface area contributed by atoms with Crippen molar-refractivity contribution in [3.63, 3.8) is 0 Å². The fourth-order valence-electron chi connectivity index (χ4n) is 1.64. The van der Waals surface area contributed by atoms with Gasteiger partial charge < -0.3 is 5.32 Å². The van der Waals surface area contributed by atoms with E-state index in [1.54, 1.807) is 6.07 Å². The van der Waals surface area contributed by atoms with Crippen LogP contribution in [0.5, 0.6) is 0 Å². The molecule has 0 atom stereocenters. The first-order chi connectivity index (χ1) is 8.97. The van der Waals surface area contributed by atoms with E-state index in [9.17, 15) is 8.78 Å². The standard InChI is InChI=1S/C14H16F2N2S/c1-8(2)17-7-13-9(3)18-14(19-13)10-4-5-11(15)12(16)6-10/h4-6,8,17H,7H2,1-3H3. The van der Waals surface area contributed by atoms with Crippen molar-refractivity contribution in [3.8, 4) is 10.6 Å². The number of thiazole rings is 1. The third-order valence-corrected chi connectivity index (χ3v) is 3.94. The summed E-state index contributed by atoms with van der Waals surface area (Å²) in [5.41, 5.74) is 1.54. The van der Waals surface area contributed by atoms with Gasteiger partial charge in [0.25, 0.3) is 0 Å². The van der Waals surface area contributed by atoms with Gasteiger partial charge in [0.2, 0.25) is 0 Å². The van der Waals surface area contributed by atoms with Crippen molar-refractivity contribution < 1.29 is 8.78 Å². The maximum atomic E-state index is 13.2.